The normalized spacial score (nSPS) is 12.5. The van der Waals surface area contributed by atoms with Crippen molar-refractivity contribution in [2.75, 3.05) is 33.0 Å². The molecule has 0 spiro atoms. The first-order valence-electron chi connectivity index (χ1n) is 5.80. The van der Waals surface area contributed by atoms with Gasteiger partial charge >= 0.3 is 0 Å². The summed E-state index contributed by atoms with van der Waals surface area (Å²) in [6.45, 7) is 0.640. The molecule has 94 valence electrons. The molecule has 1 unspecified atom stereocenters. The van der Waals surface area contributed by atoms with Crippen molar-refractivity contribution in [2.45, 2.75) is 12.5 Å². The topological polar surface area (TPSA) is 65.1 Å². The highest BCUT2D eigenvalue weighted by Gasteiger charge is 2.10. The third-order valence-corrected chi connectivity index (χ3v) is 3.01. The van der Waals surface area contributed by atoms with Crippen molar-refractivity contribution in [2.24, 2.45) is 5.73 Å². The van der Waals surface area contributed by atoms with Crippen LogP contribution in [0.15, 0.2) is 18.2 Å². The number of likely N-dealkylation sites (N-methyl/N-ethyl adjacent to an activating group) is 1. The van der Waals surface area contributed by atoms with Gasteiger partial charge in [-0.05, 0) is 38.2 Å². The number of benzene rings is 1. The molecule has 0 amide bonds. The van der Waals surface area contributed by atoms with Crippen LogP contribution in [0.2, 0.25) is 0 Å². The van der Waals surface area contributed by atoms with Crippen molar-refractivity contribution in [1.82, 2.24) is 4.90 Å². The van der Waals surface area contributed by atoms with Crippen molar-refractivity contribution in [3.8, 4) is 0 Å². The lowest BCUT2D eigenvalue weighted by atomic mass is 10.0. The highest BCUT2D eigenvalue weighted by atomic mass is 15.1. The van der Waals surface area contributed by atoms with Crippen LogP contribution in [0.4, 0.5) is 5.69 Å². The molecule has 0 aliphatic rings. The molecule has 0 aliphatic heterocycles. The molecule has 0 heterocycles. The second-order valence-electron chi connectivity index (χ2n) is 4.37. The van der Waals surface area contributed by atoms with Gasteiger partial charge in [-0.2, -0.15) is 0 Å². The predicted molar refractivity (Wildman–Crippen MR) is 74.1 cm³/mol. The molecule has 0 aliphatic carbocycles. The molecular formula is C13H22N4. The Morgan fingerprint density at radius 1 is 1.47 bits per heavy atom. The molecule has 0 saturated heterocycles. The molecule has 4 N–H and O–H groups in total. The Morgan fingerprint density at radius 2 is 2.18 bits per heavy atom. The lowest BCUT2D eigenvalue weighted by Crippen LogP contribution is -2.36. The van der Waals surface area contributed by atoms with E-state index in [1.165, 1.54) is 11.8 Å². The Bertz CT molecular complexity index is 374. The lowest BCUT2D eigenvalue weighted by Gasteiger charge is -2.23. The average molecular weight is 234 g/mol. The van der Waals surface area contributed by atoms with E-state index in [4.69, 9.17) is 11.1 Å². The summed E-state index contributed by atoms with van der Waals surface area (Å²) in [5, 5.41) is 10.5. The molecule has 1 aromatic carbocycles. The molecule has 17 heavy (non-hydrogen) atoms. The van der Waals surface area contributed by atoms with E-state index in [-0.39, 0.29) is 0 Å². The summed E-state index contributed by atoms with van der Waals surface area (Å²) in [7, 11) is 5.94. The molecule has 0 radical (unpaired) electrons. The molecular weight excluding hydrogens is 212 g/mol. The second kappa shape index (κ2) is 6.37. The van der Waals surface area contributed by atoms with Gasteiger partial charge < -0.3 is 21.4 Å². The van der Waals surface area contributed by atoms with Crippen molar-refractivity contribution in [1.29, 1.82) is 5.41 Å². The Morgan fingerprint density at radius 3 is 2.65 bits per heavy atom. The third kappa shape index (κ3) is 3.54. The van der Waals surface area contributed by atoms with Gasteiger partial charge in [0.2, 0.25) is 0 Å². The minimum atomic E-state index is 0.342. The van der Waals surface area contributed by atoms with Crippen LogP contribution in [0.25, 0.3) is 0 Å². The Hall–Kier alpha value is -1.39. The summed E-state index contributed by atoms with van der Waals surface area (Å²) in [5.74, 6) is 0. The van der Waals surface area contributed by atoms with Gasteiger partial charge in [-0.15, -0.1) is 0 Å². The summed E-state index contributed by atoms with van der Waals surface area (Å²) >= 11 is 0. The van der Waals surface area contributed by atoms with Crippen LogP contribution >= 0.6 is 0 Å². The fourth-order valence-corrected chi connectivity index (χ4v) is 1.84. The van der Waals surface area contributed by atoms with Crippen molar-refractivity contribution >= 4 is 11.9 Å². The molecule has 0 fully saturated rings. The summed E-state index contributed by atoms with van der Waals surface area (Å²) in [6.07, 6.45) is 2.29. The van der Waals surface area contributed by atoms with Crippen molar-refractivity contribution in [3.05, 3.63) is 29.3 Å². The Labute approximate surface area is 103 Å². The number of rotatable bonds is 6. The fourth-order valence-electron chi connectivity index (χ4n) is 1.84. The number of hydrogen-bond acceptors (Lipinski definition) is 4. The minimum Gasteiger partial charge on any atom is -0.388 e. The highest BCUT2D eigenvalue weighted by molar-refractivity contribution is 5.86. The van der Waals surface area contributed by atoms with E-state index in [9.17, 15) is 0 Å². The monoisotopic (exact) mass is 234 g/mol. The van der Waals surface area contributed by atoms with Gasteiger partial charge in [0, 0.05) is 37.1 Å². The van der Waals surface area contributed by atoms with E-state index < -0.39 is 0 Å². The first-order chi connectivity index (χ1) is 8.12. The van der Waals surface area contributed by atoms with Crippen LogP contribution in [0.1, 0.15) is 11.1 Å². The van der Waals surface area contributed by atoms with Crippen LogP contribution in [0.5, 0.6) is 0 Å². The number of nitrogens with one attached hydrogen (secondary N) is 2. The van der Waals surface area contributed by atoms with E-state index in [0.29, 0.717) is 12.6 Å². The van der Waals surface area contributed by atoms with Crippen LogP contribution in [-0.4, -0.2) is 44.8 Å². The molecule has 1 aromatic rings. The summed E-state index contributed by atoms with van der Waals surface area (Å²) < 4.78 is 0. The second-order valence-corrected chi connectivity index (χ2v) is 4.37. The standard InChI is InChI=1S/C13H22N4/c1-16-13-5-4-10(6-11(13)8-14)7-12(9-15)17(2)3/h4-6,8,12,14,16H,7,9,15H2,1-3H3. The van der Waals surface area contributed by atoms with E-state index in [2.05, 4.69) is 16.3 Å². The van der Waals surface area contributed by atoms with Gasteiger partial charge in [-0.3, -0.25) is 0 Å². The minimum absolute atomic E-state index is 0.342. The molecule has 0 saturated carbocycles. The molecule has 0 aromatic heterocycles. The van der Waals surface area contributed by atoms with Crippen LogP contribution < -0.4 is 11.1 Å². The highest BCUT2D eigenvalue weighted by Crippen LogP contribution is 2.16. The molecule has 1 rings (SSSR count). The van der Waals surface area contributed by atoms with E-state index in [1.54, 1.807) is 0 Å². The summed E-state index contributed by atoms with van der Waals surface area (Å²) in [4.78, 5) is 2.13. The Kier molecular flexibility index (Phi) is 5.12. The summed E-state index contributed by atoms with van der Waals surface area (Å²) in [6, 6.07) is 6.49. The smallest absolute Gasteiger partial charge is 0.0426 e. The Balaban J connectivity index is 2.88. The van der Waals surface area contributed by atoms with Crippen LogP contribution in [-0.2, 0) is 6.42 Å². The summed E-state index contributed by atoms with van der Waals surface area (Å²) in [5.41, 5.74) is 8.86. The number of anilines is 1. The molecule has 4 nitrogen and oxygen atoms in total. The SMILES string of the molecule is CNc1ccc(CC(CN)N(C)C)cc1C=N. The molecule has 0 bridgehead atoms. The van der Waals surface area contributed by atoms with Crippen molar-refractivity contribution in [3.63, 3.8) is 0 Å². The average Bonchev–Trinajstić information content (AvgIpc) is 2.35. The van der Waals surface area contributed by atoms with Gasteiger partial charge in [0.05, 0.1) is 0 Å². The maximum atomic E-state index is 7.40. The molecule has 4 heteroatoms. The number of hydrogen-bond donors (Lipinski definition) is 3. The maximum absolute atomic E-state index is 7.40. The number of nitrogens with two attached hydrogens (primary N) is 1. The van der Waals surface area contributed by atoms with Gasteiger partial charge in [-0.25, -0.2) is 0 Å². The predicted octanol–water partition coefficient (Wildman–Crippen LogP) is 1.16. The van der Waals surface area contributed by atoms with E-state index >= 15 is 0 Å². The van der Waals surface area contributed by atoms with Gasteiger partial charge in [0.25, 0.3) is 0 Å². The van der Waals surface area contributed by atoms with Crippen LogP contribution in [0, 0.1) is 5.41 Å². The largest absolute Gasteiger partial charge is 0.388 e. The van der Waals surface area contributed by atoms with Crippen molar-refractivity contribution < 1.29 is 0 Å². The lowest BCUT2D eigenvalue weighted by molar-refractivity contribution is 0.298. The maximum Gasteiger partial charge on any atom is 0.0426 e. The third-order valence-electron chi connectivity index (χ3n) is 3.01. The van der Waals surface area contributed by atoms with Gasteiger partial charge in [-0.1, -0.05) is 6.07 Å². The van der Waals surface area contributed by atoms with Crippen LogP contribution in [0.3, 0.4) is 0 Å². The quantitative estimate of drug-likeness (QED) is 0.647. The first-order valence-corrected chi connectivity index (χ1v) is 5.80. The fraction of sp³-hybridized carbons (Fsp3) is 0.462. The first kappa shape index (κ1) is 13.7. The van der Waals surface area contributed by atoms with E-state index in [0.717, 1.165) is 17.7 Å². The zero-order valence-corrected chi connectivity index (χ0v) is 10.8. The van der Waals surface area contributed by atoms with Gasteiger partial charge in [0.15, 0.2) is 0 Å². The van der Waals surface area contributed by atoms with E-state index in [1.807, 2.05) is 33.3 Å². The molecule has 1 atom stereocenters. The zero-order chi connectivity index (χ0) is 12.8. The van der Waals surface area contributed by atoms with Gasteiger partial charge in [0.1, 0.15) is 0 Å². The number of nitrogens with zero attached hydrogens (tertiary/aromatic N) is 1. The zero-order valence-electron chi connectivity index (χ0n) is 10.8.